The first-order chi connectivity index (χ1) is 12.9. The largest absolute Gasteiger partial charge is 0.351 e. The van der Waals surface area contributed by atoms with E-state index in [9.17, 15) is 9.59 Å². The summed E-state index contributed by atoms with van der Waals surface area (Å²) in [5.74, 6) is 0.752. The minimum Gasteiger partial charge on any atom is -0.351 e. The lowest BCUT2D eigenvalue weighted by molar-refractivity contribution is 0.0598. The van der Waals surface area contributed by atoms with Crippen molar-refractivity contribution in [3.63, 3.8) is 0 Å². The normalized spacial score (nSPS) is 24.1. The van der Waals surface area contributed by atoms with Gasteiger partial charge in [-0.25, -0.2) is 4.79 Å². The molecule has 140 valence electrons. The number of rotatable bonds is 3. The van der Waals surface area contributed by atoms with Crippen LogP contribution in [0.25, 0.3) is 10.9 Å². The third-order valence-electron chi connectivity index (χ3n) is 6.57. The zero-order chi connectivity index (χ0) is 19.2. The van der Waals surface area contributed by atoms with E-state index in [-0.39, 0.29) is 17.4 Å². The van der Waals surface area contributed by atoms with Crippen LogP contribution in [0, 0.1) is 11.3 Å². The number of carbonyl (C=O) groups excluding carboxylic acids is 2. The molecule has 0 saturated heterocycles. The Balaban J connectivity index is 1.62. The van der Waals surface area contributed by atoms with Crippen molar-refractivity contribution < 1.29 is 9.59 Å². The number of hydrogen-bond acceptors (Lipinski definition) is 2. The fraction of sp³-hybridized carbons (Fsp3) is 0.524. The van der Waals surface area contributed by atoms with Crippen LogP contribution in [0.5, 0.6) is 0 Å². The third-order valence-corrected chi connectivity index (χ3v) is 6.57. The molecule has 2 amide bonds. The number of aromatic nitrogens is 1. The maximum Gasteiger partial charge on any atom is 0.328 e. The van der Waals surface area contributed by atoms with Gasteiger partial charge in [0.25, 0.3) is 5.91 Å². The quantitative estimate of drug-likeness (QED) is 0.853. The van der Waals surface area contributed by atoms with Gasteiger partial charge < -0.3 is 10.2 Å². The maximum absolute atomic E-state index is 13.0. The van der Waals surface area contributed by atoms with Gasteiger partial charge in [-0.3, -0.25) is 9.36 Å². The highest BCUT2D eigenvalue weighted by Crippen LogP contribution is 2.49. The van der Waals surface area contributed by atoms with Crippen LogP contribution in [0.2, 0.25) is 0 Å². The van der Waals surface area contributed by atoms with E-state index in [1.165, 1.54) is 48.0 Å². The van der Waals surface area contributed by atoms with Crippen LogP contribution in [0.4, 0.5) is 4.79 Å². The van der Waals surface area contributed by atoms with E-state index < -0.39 is 0 Å². The summed E-state index contributed by atoms with van der Waals surface area (Å²) in [5, 5.41) is 3.80. The van der Waals surface area contributed by atoms with Gasteiger partial charge in [0, 0.05) is 32.2 Å². The second-order valence-corrected chi connectivity index (χ2v) is 8.50. The summed E-state index contributed by atoms with van der Waals surface area (Å²) >= 11 is 0. The van der Waals surface area contributed by atoms with Gasteiger partial charge in [0.05, 0.1) is 11.1 Å². The smallest absolute Gasteiger partial charge is 0.328 e. The molecule has 3 fully saturated rings. The van der Waals surface area contributed by atoms with Gasteiger partial charge >= 0.3 is 6.03 Å². The molecule has 1 aromatic carbocycles. The Morgan fingerprint density at radius 3 is 2.52 bits per heavy atom. The molecule has 2 bridgehead atoms. The summed E-state index contributed by atoms with van der Waals surface area (Å²) in [6, 6.07) is 5.20. The topological polar surface area (TPSA) is 54.3 Å². The first-order valence-electron chi connectivity index (χ1n) is 9.80. The number of nitrogens with zero attached hydrogens (tertiary/aromatic N) is 2. The Morgan fingerprint density at radius 2 is 1.89 bits per heavy atom. The molecule has 1 aromatic heterocycles. The zero-order valence-corrected chi connectivity index (χ0v) is 16.1. The molecule has 3 aliphatic rings. The number of carbonyl (C=O) groups is 2. The maximum atomic E-state index is 13.0. The molecule has 3 saturated carbocycles. The monoisotopic (exact) mass is 363 g/mol. The van der Waals surface area contributed by atoms with E-state index >= 15 is 0 Å². The molecule has 5 rings (SSSR count). The first-order valence-corrected chi connectivity index (χ1v) is 9.80. The number of nitrogens with one attached hydrogen (secondary N) is 1. The van der Waals surface area contributed by atoms with Crippen molar-refractivity contribution >= 4 is 36.2 Å². The van der Waals surface area contributed by atoms with Crippen molar-refractivity contribution in [2.75, 3.05) is 20.6 Å². The van der Waals surface area contributed by atoms with Crippen molar-refractivity contribution in [2.24, 2.45) is 11.3 Å². The predicted octanol–water partition coefficient (Wildman–Crippen LogP) is 2.67. The molecule has 0 atom stereocenters. The fourth-order valence-corrected chi connectivity index (χ4v) is 4.83. The van der Waals surface area contributed by atoms with Crippen LogP contribution >= 0.6 is 0 Å². The predicted molar refractivity (Wildman–Crippen MR) is 108 cm³/mol. The van der Waals surface area contributed by atoms with E-state index in [1.807, 2.05) is 6.07 Å². The molecule has 27 heavy (non-hydrogen) atoms. The number of fused-ring (bicyclic) bond motifs is 4. The molecule has 5 nitrogen and oxygen atoms in total. The summed E-state index contributed by atoms with van der Waals surface area (Å²) in [6.45, 7) is 0.708. The lowest BCUT2D eigenvalue weighted by atomic mass is 9.61. The lowest BCUT2D eigenvalue weighted by Gasteiger charge is -2.46. The number of hydrogen-bond donors (Lipinski definition) is 1. The van der Waals surface area contributed by atoms with Crippen molar-refractivity contribution in [1.82, 2.24) is 14.8 Å². The molecule has 1 heterocycles. The lowest BCUT2D eigenvalue weighted by Crippen LogP contribution is -2.43. The molecule has 1 N–H and O–H groups in total. The molecule has 6 heteroatoms. The number of benzene rings is 1. The van der Waals surface area contributed by atoms with Gasteiger partial charge in [0.2, 0.25) is 0 Å². The Morgan fingerprint density at radius 1 is 1.22 bits per heavy atom. The molecule has 0 unspecified atom stereocenters. The SMILES string of the molecule is [B]c1cccc2c1c(C(=O)NCC13CCC(CC1)CC3)cn2C(=O)N(C)C. The van der Waals surface area contributed by atoms with E-state index in [1.54, 1.807) is 32.4 Å². The van der Waals surface area contributed by atoms with Crippen LogP contribution in [-0.4, -0.2) is 49.9 Å². The molecule has 3 aliphatic carbocycles. The summed E-state index contributed by atoms with van der Waals surface area (Å²) in [6.07, 6.45) is 9.12. The second kappa shape index (κ2) is 6.73. The molecular formula is C21H26BN3O2. The minimum atomic E-state index is -0.200. The van der Waals surface area contributed by atoms with Gasteiger partial charge in [0.15, 0.2) is 0 Å². The van der Waals surface area contributed by atoms with E-state index in [0.29, 0.717) is 28.5 Å². The van der Waals surface area contributed by atoms with Crippen LogP contribution in [0.3, 0.4) is 0 Å². The Labute approximate surface area is 161 Å². The highest BCUT2D eigenvalue weighted by Gasteiger charge is 2.40. The molecule has 0 spiro atoms. The fourth-order valence-electron chi connectivity index (χ4n) is 4.83. The van der Waals surface area contributed by atoms with E-state index in [0.717, 1.165) is 5.92 Å². The summed E-state index contributed by atoms with van der Waals surface area (Å²) in [5.41, 5.74) is 1.90. The van der Waals surface area contributed by atoms with Gasteiger partial charge in [-0.1, -0.05) is 17.6 Å². The minimum absolute atomic E-state index is 0.148. The van der Waals surface area contributed by atoms with Crippen molar-refractivity contribution in [3.8, 4) is 0 Å². The van der Waals surface area contributed by atoms with E-state index in [4.69, 9.17) is 7.85 Å². The molecule has 2 aromatic rings. The molecule has 2 radical (unpaired) electrons. The third kappa shape index (κ3) is 3.15. The summed E-state index contributed by atoms with van der Waals surface area (Å²) in [7, 11) is 9.55. The molecular weight excluding hydrogens is 337 g/mol. The molecule has 0 aliphatic heterocycles. The summed E-state index contributed by atoms with van der Waals surface area (Å²) in [4.78, 5) is 27.0. The zero-order valence-electron chi connectivity index (χ0n) is 16.1. The van der Waals surface area contributed by atoms with Crippen LogP contribution < -0.4 is 10.8 Å². The van der Waals surface area contributed by atoms with Crippen molar-refractivity contribution in [1.29, 1.82) is 0 Å². The second-order valence-electron chi connectivity index (χ2n) is 8.50. The Kier molecular flexibility index (Phi) is 4.53. The van der Waals surface area contributed by atoms with Crippen LogP contribution in [0.15, 0.2) is 24.4 Å². The highest BCUT2D eigenvalue weighted by atomic mass is 16.2. The van der Waals surface area contributed by atoms with Crippen molar-refractivity contribution in [3.05, 3.63) is 30.0 Å². The standard InChI is InChI=1S/C21H26BN3O2/c1-24(2)20(27)25-12-15(18-16(22)4-3-5-17(18)25)19(26)23-13-21-9-6-14(7-10-21)8-11-21/h3-5,12,14H,6-11,13H2,1-2H3,(H,23,26). The van der Waals surface area contributed by atoms with Gasteiger partial charge in [-0.2, -0.15) is 0 Å². The van der Waals surface area contributed by atoms with Crippen LogP contribution in [-0.2, 0) is 0 Å². The Bertz CT molecular complexity index is 880. The average Bonchev–Trinajstić information content (AvgIpc) is 3.08. The van der Waals surface area contributed by atoms with E-state index in [2.05, 4.69) is 5.32 Å². The number of amides is 2. The van der Waals surface area contributed by atoms with Gasteiger partial charge in [-0.15, -0.1) is 0 Å². The van der Waals surface area contributed by atoms with Gasteiger partial charge in [0.1, 0.15) is 7.85 Å². The van der Waals surface area contributed by atoms with Crippen LogP contribution in [0.1, 0.15) is 48.9 Å². The summed E-state index contributed by atoms with van der Waals surface area (Å²) < 4.78 is 1.50. The average molecular weight is 363 g/mol. The highest BCUT2D eigenvalue weighted by molar-refractivity contribution is 6.40. The first kappa shape index (κ1) is 18.1. The van der Waals surface area contributed by atoms with Gasteiger partial charge in [-0.05, 0) is 55.9 Å². The Hall–Kier alpha value is -2.24. The van der Waals surface area contributed by atoms with Crippen molar-refractivity contribution in [2.45, 2.75) is 38.5 Å².